The second kappa shape index (κ2) is 15.6. The molecule has 0 radical (unpaired) electrons. The summed E-state index contributed by atoms with van der Waals surface area (Å²) in [5.74, 6) is -2.46. The van der Waals surface area contributed by atoms with E-state index in [-0.39, 0.29) is 47.6 Å². The van der Waals surface area contributed by atoms with Crippen LogP contribution in [0.25, 0.3) is 0 Å². The summed E-state index contributed by atoms with van der Waals surface area (Å²) in [4.78, 5) is 54.7. The van der Waals surface area contributed by atoms with Crippen LogP contribution >= 0.6 is 0 Å². The molecule has 1 aromatic carbocycles. The van der Waals surface area contributed by atoms with Crippen molar-refractivity contribution in [2.24, 2.45) is 11.8 Å². The second-order valence-electron chi connectivity index (χ2n) is 13.0. The number of hydrogen-bond donors (Lipinski definition) is 4. The van der Waals surface area contributed by atoms with Gasteiger partial charge in [-0.05, 0) is 67.8 Å². The van der Waals surface area contributed by atoms with Crippen molar-refractivity contribution in [3.8, 4) is 0 Å². The van der Waals surface area contributed by atoms with Crippen LogP contribution in [0, 0.1) is 17.7 Å². The summed E-state index contributed by atoms with van der Waals surface area (Å²) in [6.45, 7) is 12.5. The molecule has 4 amide bonds. The first kappa shape index (κ1) is 35.0. The molecule has 2 aliphatic rings. The zero-order valence-electron chi connectivity index (χ0n) is 27.7. The fourth-order valence-electron chi connectivity index (χ4n) is 6.54. The summed E-state index contributed by atoms with van der Waals surface area (Å²) in [6, 6.07) is 2.76. The molecule has 1 saturated carbocycles. The number of amides is 4. The van der Waals surface area contributed by atoms with E-state index in [2.05, 4.69) is 38.5 Å². The largest absolute Gasteiger partial charge is 0.344 e. The predicted molar refractivity (Wildman–Crippen MR) is 170 cm³/mol. The summed E-state index contributed by atoms with van der Waals surface area (Å²) >= 11 is 0. The molecule has 5 atom stereocenters. The number of aryl methyl sites for hydroxylation is 1. The number of halogens is 1. The number of aromatic nitrogens is 2. The molecule has 252 valence electrons. The number of nitrogens with one attached hydrogen (secondary N) is 4. The van der Waals surface area contributed by atoms with Crippen LogP contribution in [-0.2, 0) is 20.8 Å². The van der Waals surface area contributed by atoms with Gasteiger partial charge in [0, 0.05) is 37.5 Å². The van der Waals surface area contributed by atoms with Gasteiger partial charge >= 0.3 is 0 Å². The van der Waals surface area contributed by atoms with Crippen molar-refractivity contribution in [2.45, 2.75) is 110 Å². The van der Waals surface area contributed by atoms with Crippen molar-refractivity contribution in [3.63, 3.8) is 0 Å². The molecule has 1 saturated heterocycles. The fourth-order valence-corrected chi connectivity index (χ4v) is 6.54. The Morgan fingerprint density at radius 1 is 1.02 bits per heavy atom. The zero-order valence-corrected chi connectivity index (χ0v) is 27.7. The van der Waals surface area contributed by atoms with E-state index < -0.39 is 35.6 Å². The van der Waals surface area contributed by atoms with Gasteiger partial charge in [0.25, 0.3) is 5.91 Å². The van der Waals surface area contributed by atoms with Gasteiger partial charge in [0.15, 0.2) is 5.69 Å². The molecule has 1 aromatic heterocycles. The Bertz CT molecular complexity index is 1380. The summed E-state index contributed by atoms with van der Waals surface area (Å²) < 4.78 is 20.4. The van der Waals surface area contributed by atoms with Gasteiger partial charge in [-0.2, -0.15) is 0 Å². The van der Waals surface area contributed by atoms with Crippen LogP contribution in [0.1, 0.15) is 101 Å². The Morgan fingerprint density at radius 3 is 2.30 bits per heavy atom. The average Bonchev–Trinajstić information content (AvgIpc) is 3.52. The molecule has 1 aliphatic carbocycles. The molecule has 2 fully saturated rings. The van der Waals surface area contributed by atoms with Gasteiger partial charge in [0.1, 0.15) is 23.6 Å². The lowest BCUT2D eigenvalue weighted by Crippen LogP contribution is -2.60. The first-order valence-corrected chi connectivity index (χ1v) is 16.5. The van der Waals surface area contributed by atoms with Crippen molar-refractivity contribution in [2.75, 3.05) is 18.4 Å². The van der Waals surface area contributed by atoms with E-state index in [0.29, 0.717) is 36.7 Å². The van der Waals surface area contributed by atoms with Crippen LogP contribution in [0.2, 0.25) is 0 Å². The highest BCUT2D eigenvalue weighted by atomic mass is 19.1. The molecular weight excluding hydrogens is 593 g/mol. The molecule has 1 aliphatic heterocycles. The second-order valence-corrected chi connectivity index (χ2v) is 13.0. The molecule has 0 unspecified atom stereocenters. The maximum atomic E-state index is 15.6. The first-order valence-electron chi connectivity index (χ1n) is 16.5. The third-order valence-electron chi connectivity index (χ3n) is 9.26. The Labute approximate surface area is 270 Å². The van der Waals surface area contributed by atoms with E-state index in [1.807, 2.05) is 20.8 Å². The molecule has 13 heteroatoms. The molecule has 4 rings (SSSR count). The summed E-state index contributed by atoms with van der Waals surface area (Å²) in [5.41, 5.74) is 0.862. The van der Waals surface area contributed by atoms with E-state index in [1.165, 1.54) is 12.1 Å². The predicted octanol–water partition coefficient (Wildman–Crippen LogP) is 3.54. The maximum Gasteiger partial charge on any atom is 0.276 e. The van der Waals surface area contributed by atoms with Crippen molar-refractivity contribution in [1.82, 2.24) is 31.2 Å². The fraction of sp³-hybridized carbons (Fsp3) is 0.636. The number of nitrogens with zero attached hydrogens (tertiary/aromatic N) is 3. The summed E-state index contributed by atoms with van der Waals surface area (Å²) in [5, 5.41) is 19.2. The van der Waals surface area contributed by atoms with Gasteiger partial charge in [-0.15, -0.1) is 0 Å². The molecule has 46 heavy (non-hydrogen) atoms. The molecule has 0 bridgehead atoms. The van der Waals surface area contributed by atoms with Gasteiger partial charge in [0.2, 0.25) is 17.7 Å². The number of carbonyl (C=O) groups is 4. The summed E-state index contributed by atoms with van der Waals surface area (Å²) in [6.07, 6.45) is 3.94. The lowest BCUT2D eigenvalue weighted by Gasteiger charge is -2.39. The van der Waals surface area contributed by atoms with Crippen molar-refractivity contribution in [3.05, 3.63) is 41.0 Å². The summed E-state index contributed by atoms with van der Waals surface area (Å²) in [7, 11) is 0. The van der Waals surface area contributed by atoms with Crippen molar-refractivity contribution < 1.29 is 28.2 Å². The third kappa shape index (κ3) is 8.48. The van der Waals surface area contributed by atoms with E-state index in [4.69, 9.17) is 4.63 Å². The van der Waals surface area contributed by atoms with Crippen molar-refractivity contribution >= 4 is 29.3 Å². The molecule has 12 nitrogen and oxygen atoms in total. The van der Waals surface area contributed by atoms with Crippen LogP contribution in [0.15, 0.2) is 22.8 Å². The van der Waals surface area contributed by atoms with Crippen LogP contribution < -0.4 is 21.3 Å². The smallest absolute Gasteiger partial charge is 0.276 e. The Kier molecular flexibility index (Phi) is 11.9. The quantitative estimate of drug-likeness (QED) is 0.290. The van der Waals surface area contributed by atoms with Crippen LogP contribution in [-0.4, -0.2) is 76.1 Å². The van der Waals surface area contributed by atoms with Gasteiger partial charge < -0.3 is 26.2 Å². The van der Waals surface area contributed by atoms with Crippen LogP contribution in [0.3, 0.4) is 0 Å². The van der Waals surface area contributed by atoms with E-state index in [0.717, 1.165) is 25.7 Å². The lowest BCUT2D eigenvalue weighted by molar-refractivity contribution is -0.138. The van der Waals surface area contributed by atoms with Crippen LogP contribution in [0.4, 0.5) is 10.1 Å². The average molecular weight is 642 g/mol. The number of benzene rings is 1. The van der Waals surface area contributed by atoms with Gasteiger partial charge in [-0.1, -0.05) is 51.8 Å². The Morgan fingerprint density at radius 2 is 1.70 bits per heavy atom. The third-order valence-corrected chi connectivity index (χ3v) is 9.26. The number of rotatable bonds is 11. The highest BCUT2D eigenvalue weighted by Crippen LogP contribution is 2.32. The minimum Gasteiger partial charge on any atom is -0.344 e. The Hall–Kier alpha value is -3.87. The molecule has 0 spiro atoms. The standard InChI is InChI=1S/C33H48FN7O5/c1-7-25-30(40-46-39-25)32(44)38-29(22-11-9-18(3)10-12-22)31(43)36-26-14-13-23(15-24(26)34)21(6)28(37-27(42)8-2)33(45)41-16-19(4)35-20(5)17-41/h13-15,18-22,28-29,35H,7-12,16-17H2,1-6H3,(H,36,43)(H,37,42)(H,38,44)/t18?,19-,20+,21-,22?,28+,29-/m0/s1. The highest BCUT2D eigenvalue weighted by molar-refractivity contribution is 6.01. The SMILES string of the molecule is CCC(=O)N[C@@H](C(=O)N1C[C@@H](C)N[C@@H](C)C1)[C@@H](C)c1ccc(NC(=O)[C@@H](NC(=O)c2nonc2CC)C2CCC(C)CC2)c(F)c1. The minimum absolute atomic E-state index is 0.0259. The number of anilines is 1. The maximum absolute atomic E-state index is 15.6. The number of carbonyl (C=O) groups excluding carboxylic acids is 4. The van der Waals surface area contributed by atoms with Gasteiger partial charge in [0.05, 0.1) is 5.69 Å². The topological polar surface area (TPSA) is 159 Å². The van der Waals surface area contributed by atoms with E-state index in [9.17, 15) is 19.2 Å². The van der Waals surface area contributed by atoms with E-state index >= 15 is 4.39 Å². The minimum atomic E-state index is -0.922. The molecule has 2 heterocycles. The first-order chi connectivity index (χ1) is 21.9. The van der Waals surface area contributed by atoms with E-state index in [1.54, 1.807) is 24.8 Å². The Balaban J connectivity index is 1.53. The van der Waals surface area contributed by atoms with Gasteiger partial charge in [-0.25, -0.2) is 9.02 Å². The lowest BCUT2D eigenvalue weighted by atomic mass is 9.79. The number of hydrogen-bond acceptors (Lipinski definition) is 8. The molecule has 4 N–H and O–H groups in total. The van der Waals surface area contributed by atoms with Crippen LogP contribution in [0.5, 0.6) is 0 Å². The molecular formula is C33H48FN7O5. The van der Waals surface area contributed by atoms with Crippen molar-refractivity contribution in [1.29, 1.82) is 0 Å². The normalized spacial score (nSPS) is 23.6. The zero-order chi connectivity index (χ0) is 33.5. The van der Waals surface area contributed by atoms with Gasteiger partial charge in [-0.3, -0.25) is 19.2 Å². The monoisotopic (exact) mass is 641 g/mol. The molecule has 2 aromatic rings. The highest BCUT2D eigenvalue weighted by Gasteiger charge is 2.36. The number of piperazine rings is 1.